The Hall–Kier alpha value is -0.0400. The Morgan fingerprint density at radius 2 is 1.89 bits per heavy atom. The Morgan fingerprint density at radius 3 is 2.00 bits per heavy atom. The summed E-state index contributed by atoms with van der Waals surface area (Å²) in [4.78, 5) is 0. The number of hydrogen-bond donors (Lipinski definition) is 1. The van der Waals surface area contributed by atoms with E-state index in [2.05, 4.69) is 20.8 Å². The van der Waals surface area contributed by atoms with Crippen LogP contribution in [0.1, 0.15) is 40.0 Å². The van der Waals surface area contributed by atoms with Crippen molar-refractivity contribution in [1.29, 1.82) is 0 Å². The van der Waals surface area contributed by atoms with Crippen LogP contribution >= 0.6 is 0 Å². The summed E-state index contributed by atoms with van der Waals surface area (Å²) in [6.45, 7) is 6.70. The molecule has 0 aromatic rings. The molecule has 0 aromatic heterocycles. The summed E-state index contributed by atoms with van der Waals surface area (Å²) in [5, 5.41) is 0. The molecular weight excluding hydrogens is 110 g/mol. The molecule has 0 heterocycles. The van der Waals surface area contributed by atoms with Crippen molar-refractivity contribution in [1.82, 2.24) is 0 Å². The highest BCUT2D eigenvalue weighted by Crippen LogP contribution is 2.55. The first kappa shape index (κ1) is 7.07. The van der Waals surface area contributed by atoms with Gasteiger partial charge in [0.05, 0.1) is 0 Å². The van der Waals surface area contributed by atoms with E-state index in [9.17, 15) is 0 Å². The standard InChI is InChI=1S/C8H17N/c1-4-5-8(9)6-7(8,2)3/h4-6,9H2,1-3H3. The zero-order chi connectivity index (χ0) is 7.12. The largest absolute Gasteiger partial charge is 0.325 e. The van der Waals surface area contributed by atoms with Gasteiger partial charge in [0.1, 0.15) is 0 Å². The predicted molar refractivity (Wildman–Crippen MR) is 40.2 cm³/mol. The molecule has 0 aromatic carbocycles. The summed E-state index contributed by atoms with van der Waals surface area (Å²) < 4.78 is 0. The molecule has 1 saturated carbocycles. The summed E-state index contributed by atoms with van der Waals surface area (Å²) >= 11 is 0. The van der Waals surface area contributed by atoms with Crippen LogP contribution in [0.2, 0.25) is 0 Å². The molecule has 1 atom stereocenters. The molecule has 0 aliphatic heterocycles. The molecule has 1 fully saturated rings. The van der Waals surface area contributed by atoms with Crippen LogP contribution in [0, 0.1) is 5.41 Å². The Morgan fingerprint density at radius 1 is 1.44 bits per heavy atom. The summed E-state index contributed by atoms with van der Waals surface area (Å²) in [6, 6.07) is 0. The SMILES string of the molecule is CCCC1(N)CC1(C)C. The maximum atomic E-state index is 6.03. The fraction of sp³-hybridized carbons (Fsp3) is 1.00. The molecule has 0 radical (unpaired) electrons. The zero-order valence-electron chi connectivity index (χ0n) is 6.70. The molecule has 0 spiro atoms. The Balaban J connectivity index is 2.42. The molecule has 1 nitrogen and oxygen atoms in total. The molecule has 0 bridgehead atoms. The lowest BCUT2D eigenvalue weighted by molar-refractivity contribution is 0.460. The van der Waals surface area contributed by atoms with Crippen molar-refractivity contribution in [2.24, 2.45) is 11.1 Å². The molecule has 1 aliphatic carbocycles. The quantitative estimate of drug-likeness (QED) is 0.602. The molecule has 1 heteroatoms. The second kappa shape index (κ2) is 1.72. The summed E-state index contributed by atoms with van der Waals surface area (Å²) in [6.07, 6.45) is 3.63. The average Bonchev–Trinajstić information content (AvgIpc) is 2.07. The van der Waals surface area contributed by atoms with Crippen LogP contribution in [0.5, 0.6) is 0 Å². The molecule has 0 amide bonds. The lowest BCUT2D eigenvalue weighted by Gasteiger charge is -2.12. The van der Waals surface area contributed by atoms with Gasteiger partial charge in [-0.15, -0.1) is 0 Å². The van der Waals surface area contributed by atoms with Gasteiger partial charge >= 0.3 is 0 Å². The fourth-order valence-corrected chi connectivity index (χ4v) is 1.62. The van der Waals surface area contributed by atoms with Gasteiger partial charge in [0, 0.05) is 5.54 Å². The van der Waals surface area contributed by atoms with Gasteiger partial charge in [0.2, 0.25) is 0 Å². The Kier molecular flexibility index (Phi) is 1.35. The van der Waals surface area contributed by atoms with E-state index in [0.717, 1.165) is 0 Å². The van der Waals surface area contributed by atoms with Gasteiger partial charge < -0.3 is 5.73 Å². The van der Waals surface area contributed by atoms with Crippen molar-refractivity contribution in [2.45, 2.75) is 45.6 Å². The highest BCUT2D eigenvalue weighted by Gasteiger charge is 2.57. The molecule has 0 saturated heterocycles. The maximum Gasteiger partial charge on any atom is 0.0212 e. The Bertz CT molecular complexity index is 118. The van der Waals surface area contributed by atoms with Crippen molar-refractivity contribution < 1.29 is 0 Å². The maximum absolute atomic E-state index is 6.03. The van der Waals surface area contributed by atoms with Crippen LogP contribution in [-0.4, -0.2) is 5.54 Å². The van der Waals surface area contributed by atoms with Gasteiger partial charge in [-0.25, -0.2) is 0 Å². The minimum absolute atomic E-state index is 0.196. The van der Waals surface area contributed by atoms with Crippen molar-refractivity contribution in [3.05, 3.63) is 0 Å². The molecule has 54 valence electrons. The van der Waals surface area contributed by atoms with Crippen LogP contribution in [0.4, 0.5) is 0 Å². The molecule has 9 heavy (non-hydrogen) atoms. The lowest BCUT2D eigenvalue weighted by Crippen LogP contribution is -2.27. The van der Waals surface area contributed by atoms with Crippen LogP contribution in [0.3, 0.4) is 0 Å². The van der Waals surface area contributed by atoms with Gasteiger partial charge in [0.25, 0.3) is 0 Å². The first-order valence-corrected chi connectivity index (χ1v) is 3.81. The molecule has 1 rings (SSSR count). The smallest absolute Gasteiger partial charge is 0.0212 e. The van der Waals surface area contributed by atoms with Crippen molar-refractivity contribution in [3.8, 4) is 0 Å². The fourth-order valence-electron chi connectivity index (χ4n) is 1.62. The first-order chi connectivity index (χ1) is 4.02. The third-order valence-corrected chi connectivity index (χ3v) is 2.68. The van der Waals surface area contributed by atoms with E-state index in [1.54, 1.807) is 0 Å². The summed E-state index contributed by atoms with van der Waals surface area (Å²) in [7, 11) is 0. The second-order valence-corrected chi connectivity index (χ2v) is 3.97. The van der Waals surface area contributed by atoms with Crippen LogP contribution in [0.25, 0.3) is 0 Å². The Labute approximate surface area is 57.6 Å². The van der Waals surface area contributed by atoms with E-state index < -0.39 is 0 Å². The van der Waals surface area contributed by atoms with E-state index >= 15 is 0 Å². The van der Waals surface area contributed by atoms with E-state index in [0.29, 0.717) is 5.41 Å². The van der Waals surface area contributed by atoms with Crippen molar-refractivity contribution in [2.75, 3.05) is 0 Å². The lowest BCUT2D eigenvalue weighted by atomic mass is 10.0. The van der Waals surface area contributed by atoms with E-state index in [1.807, 2.05) is 0 Å². The highest BCUT2D eigenvalue weighted by molar-refractivity contribution is 5.14. The molecular formula is C8H17N. The molecule has 2 N–H and O–H groups in total. The van der Waals surface area contributed by atoms with Crippen LogP contribution in [-0.2, 0) is 0 Å². The second-order valence-electron chi connectivity index (χ2n) is 3.97. The highest BCUT2D eigenvalue weighted by atomic mass is 14.9. The predicted octanol–water partition coefficient (Wildman–Crippen LogP) is 1.91. The topological polar surface area (TPSA) is 26.0 Å². The van der Waals surface area contributed by atoms with Crippen molar-refractivity contribution >= 4 is 0 Å². The molecule has 1 aliphatic rings. The van der Waals surface area contributed by atoms with Gasteiger partial charge in [-0.2, -0.15) is 0 Å². The zero-order valence-corrected chi connectivity index (χ0v) is 6.70. The van der Waals surface area contributed by atoms with Gasteiger partial charge in [-0.05, 0) is 18.3 Å². The molecule has 1 unspecified atom stereocenters. The van der Waals surface area contributed by atoms with E-state index in [4.69, 9.17) is 5.73 Å². The number of nitrogens with two attached hydrogens (primary N) is 1. The van der Waals surface area contributed by atoms with E-state index in [-0.39, 0.29) is 5.54 Å². The van der Waals surface area contributed by atoms with Crippen LogP contribution in [0.15, 0.2) is 0 Å². The summed E-state index contributed by atoms with van der Waals surface area (Å²) in [5.74, 6) is 0. The average molecular weight is 127 g/mol. The third-order valence-electron chi connectivity index (χ3n) is 2.68. The number of rotatable bonds is 2. The van der Waals surface area contributed by atoms with Gasteiger partial charge in [-0.1, -0.05) is 27.2 Å². The van der Waals surface area contributed by atoms with E-state index in [1.165, 1.54) is 19.3 Å². The van der Waals surface area contributed by atoms with Crippen LogP contribution < -0.4 is 5.73 Å². The van der Waals surface area contributed by atoms with Crippen molar-refractivity contribution in [3.63, 3.8) is 0 Å². The summed E-state index contributed by atoms with van der Waals surface area (Å²) in [5.41, 5.74) is 6.66. The minimum Gasteiger partial charge on any atom is -0.325 e. The minimum atomic E-state index is 0.196. The van der Waals surface area contributed by atoms with Gasteiger partial charge in [-0.3, -0.25) is 0 Å². The van der Waals surface area contributed by atoms with Gasteiger partial charge in [0.15, 0.2) is 0 Å². The number of hydrogen-bond acceptors (Lipinski definition) is 1. The first-order valence-electron chi connectivity index (χ1n) is 3.81. The normalized spacial score (nSPS) is 38.7. The monoisotopic (exact) mass is 127 g/mol. The third kappa shape index (κ3) is 0.983.